The van der Waals surface area contributed by atoms with Crippen LogP contribution < -0.4 is 9.47 Å². The highest BCUT2D eigenvalue weighted by atomic mass is 16.5. The van der Waals surface area contributed by atoms with Gasteiger partial charge in [-0.3, -0.25) is 9.59 Å². The molecule has 0 aliphatic heterocycles. The standard InChI is InChI=1S/C50H87NO6/c1-5-9-11-13-15-21-27-35-49(52)56-41-31-25-19-17-23-29-39-54-47-43-46(34-33-38-51(8-4)37-7-3)44-48(45-47)55-40-30-24-18-20-26-32-42-57-50(53)36-28-22-16-14-12-10-6-2/h7-8,37,43-45H,4-6,9-36,38-42H2,1-3H3/b37-7-. The number of carbonyl (C=O) groups is 2. The van der Waals surface area contributed by atoms with E-state index < -0.39 is 0 Å². The summed E-state index contributed by atoms with van der Waals surface area (Å²) in [5.41, 5.74) is 1.23. The van der Waals surface area contributed by atoms with Crippen molar-refractivity contribution in [3.63, 3.8) is 0 Å². The minimum absolute atomic E-state index is 0.0291. The van der Waals surface area contributed by atoms with Gasteiger partial charge in [-0.1, -0.05) is 155 Å². The maximum Gasteiger partial charge on any atom is 0.305 e. The molecule has 0 heterocycles. The van der Waals surface area contributed by atoms with Gasteiger partial charge in [0.15, 0.2) is 0 Å². The molecule has 0 saturated carbocycles. The molecular formula is C50H87NO6. The van der Waals surface area contributed by atoms with Crippen molar-refractivity contribution in [1.29, 1.82) is 0 Å². The fraction of sp³-hybridized carbons (Fsp3) is 0.760. The van der Waals surface area contributed by atoms with E-state index in [0.717, 1.165) is 121 Å². The highest BCUT2D eigenvalue weighted by molar-refractivity contribution is 5.69. The zero-order chi connectivity index (χ0) is 41.3. The number of nitrogens with zero attached hydrogens (tertiary/aromatic N) is 1. The lowest BCUT2D eigenvalue weighted by Gasteiger charge is -2.16. The fourth-order valence-corrected chi connectivity index (χ4v) is 7.00. The van der Waals surface area contributed by atoms with E-state index in [-0.39, 0.29) is 11.9 Å². The first-order chi connectivity index (χ1) is 28.0. The van der Waals surface area contributed by atoms with Crippen LogP contribution in [0, 0.1) is 0 Å². The summed E-state index contributed by atoms with van der Waals surface area (Å²) >= 11 is 0. The van der Waals surface area contributed by atoms with Gasteiger partial charge in [-0.05, 0) is 88.4 Å². The third kappa shape index (κ3) is 33.7. The van der Waals surface area contributed by atoms with Crippen LogP contribution in [0.5, 0.6) is 11.5 Å². The lowest BCUT2D eigenvalue weighted by molar-refractivity contribution is -0.144. The number of aryl methyl sites for hydroxylation is 1. The van der Waals surface area contributed by atoms with Crippen LogP contribution in [0.1, 0.15) is 213 Å². The minimum Gasteiger partial charge on any atom is -0.493 e. The monoisotopic (exact) mass is 798 g/mol. The Bertz CT molecular complexity index is 1050. The second kappa shape index (κ2) is 39.8. The molecule has 0 N–H and O–H groups in total. The third-order valence-electron chi connectivity index (χ3n) is 10.5. The SMILES string of the molecule is C=CN(/C=C\C)CCCc1cc(OCCCCCCCCOC(=O)CCCCCCCCC)cc(OCCCCCCCCOC(=O)CCCCCCCCC)c1. The second-order valence-electron chi connectivity index (χ2n) is 15.9. The van der Waals surface area contributed by atoms with Gasteiger partial charge in [0, 0.05) is 25.5 Å². The van der Waals surface area contributed by atoms with Crippen LogP contribution >= 0.6 is 0 Å². The zero-order valence-corrected chi connectivity index (χ0v) is 37.3. The zero-order valence-electron chi connectivity index (χ0n) is 37.3. The Kier molecular flexibility index (Phi) is 36.4. The van der Waals surface area contributed by atoms with Crippen molar-refractivity contribution in [3.05, 3.63) is 48.8 Å². The molecule has 1 aromatic carbocycles. The van der Waals surface area contributed by atoms with Crippen LogP contribution in [0.4, 0.5) is 0 Å². The normalized spacial score (nSPS) is 11.2. The van der Waals surface area contributed by atoms with Crippen LogP contribution in [0.2, 0.25) is 0 Å². The molecule has 0 radical (unpaired) electrons. The van der Waals surface area contributed by atoms with E-state index in [4.69, 9.17) is 18.9 Å². The summed E-state index contributed by atoms with van der Waals surface area (Å²) in [4.78, 5) is 26.1. The molecule has 0 aliphatic carbocycles. The molecule has 0 amide bonds. The van der Waals surface area contributed by atoms with Crippen molar-refractivity contribution in [2.45, 2.75) is 213 Å². The maximum atomic E-state index is 12.0. The van der Waals surface area contributed by atoms with E-state index in [9.17, 15) is 9.59 Å². The van der Waals surface area contributed by atoms with Gasteiger partial charge in [0.1, 0.15) is 11.5 Å². The lowest BCUT2D eigenvalue weighted by Crippen LogP contribution is -2.11. The van der Waals surface area contributed by atoms with Crippen LogP contribution in [0.25, 0.3) is 0 Å². The highest BCUT2D eigenvalue weighted by Crippen LogP contribution is 2.25. The summed E-state index contributed by atoms with van der Waals surface area (Å²) in [6.07, 6.45) is 39.2. The first kappa shape index (κ1) is 52.1. The molecule has 0 fully saturated rings. The third-order valence-corrected chi connectivity index (χ3v) is 10.5. The maximum absolute atomic E-state index is 12.0. The van der Waals surface area contributed by atoms with Gasteiger partial charge in [0.25, 0.3) is 0 Å². The summed E-state index contributed by atoms with van der Waals surface area (Å²) in [6.45, 7) is 13.8. The molecule has 0 atom stereocenters. The van der Waals surface area contributed by atoms with Crippen molar-refractivity contribution in [2.24, 2.45) is 0 Å². The molecule has 0 aliphatic rings. The molecule has 0 aromatic heterocycles. The molecule has 1 rings (SSSR count). The molecule has 328 valence electrons. The summed E-state index contributed by atoms with van der Waals surface area (Å²) in [7, 11) is 0. The second-order valence-corrected chi connectivity index (χ2v) is 15.9. The summed E-state index contributed by atoms with van der Waals surface area (Å²) in [5.74, 6) is 1.72. The molecule has 7 nitrogen and oxygen atoms in total. The van der Waals surface area contributed by atoms with Gasteiger partial charge in [-0.15, -0.1) is 0 Å². The van der Waals surface area contributed by atoms with Crippen molar-refractivity contribution >= 4 is 11.9 Å². The average Bonchev–Trinajstić information content (AvgIpc) is 3.21. The van der Waals surface area contributed by atoms with Crippen molar-refractivity contribution in [2.75, 3.05) is 33.0 Å². The van der Waals surface area contributed by atoms with Gasteiger partial charge in [0.05, 0.1) is 26.4 Å². The lowest BCUT2D eigenvalue weighted by atomic mass is 10.1. The Labute approximate surface area is 351 Å². The van der Waals surface area contributed by atoms with Crippen LogP contribution in [-0.2, 0) is 25.5 Å². The number of esters is 2. The fourth-order valence-electron chi connectivity index (χ4n) is 7.00. The van der Waals surface area contributed by atoms with E-state index >= 15 is 0 Å². The van der Waals surface area contributed by atoms with Crippen LogP contribution in [0.15, 0.2) is 43.3 Å². The Morgan fingerprint density at radius 3 is 1.32 bits per heavy atom. The number of hydrogen-bond donors (Lipinski definition) is 0. The number of allylic oxidation sites excluding steroid dienone is 1. The Morgan fingerprint density at radius 1 is 0.526 bits per heavy atom. The highest BCUT2D eigenvalue weighted by Gasteiger charge is 2.07. The minimum atomic E-state index is -0.0291. The van der Waals surface area contributed by atoms with Gasteiger partial charge in [-0.2, -0.15) is 0 Å². The van der Waals surface area contributed by atoms with E-state index in [1.807, 2.05) is 25.3 Å². The van der Waals surface area contributed by atoms with Gasteiger partial charge >= 0.3 is 11.9 Å². The quantitative estimate of drug-likeness (QED) is 0.0482. The Balaban J connectivity index is 2.27. The average molecular weight is 798 g/mol. The van der Waals surface area contributed by atoms with E-state index in [1.165, 1.54) is 82.6 Å². The first-order valence-corrected chi connectivity index (χ1v) is 23.7. The number of hydrogen-bond acceptors (Lipinski definition) is 7. The van der Waals surface area contributed by atoms with E-state index in [0.29, 0.717) is 39.3 Å². The molecular weight excluding hydrogens is 711 g/mol. The first-order valence-electron chi connectivity index (χ1n) is 23.7. The van der Waals surface area contributed by atoms with Crippen molar-refractivity contribution in [3.8, 4) is 11.5 Å². The number of unbranched alkanes of at least 4 members (excludes halogenated alkanes) is 22. The number of rotatable bonds is 42. The predicted octanol–water partition coefficient (Wildman–Crippen LogP) is 14.4. The van der Waals surface area contributed by atoms with Gasteiger partial charge in [0.2, 0.25) is 0 Å². The number of carbonyl (C=O) groups excluding carboxylic acids is 2. The van der Waals surface area contributed by atoms with E-state index in [1.54, 1.807) is 0 Å². The molecule has 0 spiro atoms. The predicted molar refractivity (Wildman–Crippen MR) is 240 cm³/mol. The topological polar surface area (TPSA) is 74.3 Å². The summed E-state index contributed by atoms with van der Waals surface area (Å²) < 4.78 is 23.4. The van der Waals surface area contributed by atoms with Crippen LogP contribution in [0.3, 0.4) is 0 Å². The molecule has 57 heavy (non-hydrogen) atoms. The molecule has 7 heteroatoms. The van der Waals surface area contributed by atoms with E-state index in [2.05, 4.69) is 43.7 Å². The van der Waals surface area contributed by atoms with Crippen molar-refractivity contribution in [1.82, 2.24) is 4.90 Å². The summed E-state index contributed by atoms with van der Waals surface area (Å²) in [5, 5.41) is 0. The number of benzene rings is 1. The molecule has 0 unspecified atom stereocenters. The molecule has 0 saturated heterocycles. The Hall–Kier alpha value is -2.96. The number of ether oxygens (including phenoxy) is 4. The van der Waals surface area contributed by atoms with Crippen LogP contribution in [-0.4, -0.2) is 49.8 Å². The Morgan fingerprint density at radius 2 is 0.912 bits per heavy atom. The summed E-state index contributed by atoms with van der Waals surface area (Å²) in [6, 6.07) is 6.38. The molecule has 0 bridgehead atoms. The van der Waals surface area contributed by atoms with Gasteiger partial charge < -0.3 is 23.8 Å². The smallest absolute Gasteiger partial charge is 0.305 e. The van der Waals surface area contributed by atoms with Gasteiger partial charge in [-0.25, -0.2) is 0 Å². The van der Waals surface area contributed by atoms with Crippen molar-refractivity contribution < 1.29 is 28.5 Å². The molecule has 1 aromatic rings. The largest absolute Gasteiger partial charge is 0.493 e.